The molecule has 2 N–H and O–H groups in total. The van der Waals surface area contributed by atoms with Gasteiger partial charge in [-0.3, -0.25) is 0 Å². The van der Waals surface area contributed by atoms with Crippen molar-refractivity contribution < 1.29 is 17.6 Å². The van der Waals surface area contributed by atoms with Crippen molar-refractivity contribution in [3.05, 3.63) is 41.2 Å². The van der Waals surface area contributed by atoms with Gasteiger partial charge in [-0.1, -0.05) is 11.6 Å². The van der Waals surface area contributed by atoms with E-state index >= 15 is 0 Å². The molecule has 0 spiro atoms. The Morgan fingerprint density at radius 3 is 2.70 bits per heavy atom. The van der Waals surface area contributed by atoms with Gasteiger partial charge in [-0.25, -0.2) is 9.66 Å². The molecule has 0 saturated carbocycles. The average molecular weight is 362 g/mol. The van der Waals surface area contributed by atoms with Crippen LogP contribution in [0.25, 0.3) is 11.6 Å². The van der Waals surface area contributed by atoms with Crippen molar-refractivity contribution in [1.29, 1.82) is 0 Å². The number of aromatic nitrogens is 4. The van der Waals surface area contributed by atoms with E-state index in [1.165, 1.54) is 6.26 Å². The minimum atomic E-state index is -4.51. The Hall–Kier alpha value is -2.20. The van der Waals surface area contributed by atoms with Crippen LogP contribution in [0.2, 0.25) is 5.02 Å². The van der Waals surface area contributed by atoms with Crippen LogP contribution in [-0.4, -0.2) is 19.9 Å². The molecule has 0 unspecified atom stereocenters. The molecule has 3 rings (SSSR count). The monoisotopic (exact) mass is 361 g/mol. The average Bonchev–Trinajstić information content (AvgIpc) is 3.10. The second-order valence-corrected chi connectivity index (χ2v) is 5.63. The number of nitrogens with zero attached hydrogens (tertiary/aromatic N) is 4. The summed E-state index contributed by atoms with van der Waals surface area (Å²) in [5.41, 5.74) is -0.933. The second kappa shape index (κ2) is 5.78. The predicted molar refractivity (Wildman–Crippen MR) is 76.2 cm³/mol. The van der Waals surface area contributed by atoms with E-state index in [2.05, 4.69) is 15.2 Å². The van der Waals surface area contributed by atoms with Gasteiger partial charge in [-0.05, 0) is 30.0 Å². The molecule has 3 heterocycles. The van der Waals surface area contributed by atoms with Crippen LogP contribution in [0.1, 0.15) is 5.56 Å². The fraction of sp³-hybridized carbons (Fsp3) is 0.0833. The van der Waals surface area contributed by atoms with Crippen LogP contribution < -0.4 is 5.84 Å². The molecule has 0 fully saturated rings. The first-order valence-corrected chi connectivity index (χ1v) is 7.20. The van der Waals surface area contributed by atoms with E-state index in [1.54, 1.807) is 12.1 Å². The number of rotatable bonds is 3. The third-order valence-corrected chi connectivity index (χ3v) is 4.11. The van der Waals surface area contributed by atoms with Crippen LogP contribution in [0.5, 0.6) is 0 Å². The lowest BCUT2D eigenvalue weighted by molar-refractivity contribution is -0.137. The van der Waals surface area contributed by atoms with E-state index in [9.17, 15) is 13.2 Å². The van der Waals surface area contributed by atoms with Gasteiger partial charge in [-0.2, -0.15) is 13.2 Å². The summed E-state index contributed by atoms with van der Waals surface area (Å²) in [5, 5.41) is 7.88. The molecule has 0 aliphatic rings. The molecule has 0 saturated heterocycles. The number of furan rings is 1. The quantitative estimate of drug-likeness (QED) is 0.719. The third-order valence-electron chi connectivity index (χ3n) is 2.73. The molecule has 0 atom stereocenters. The van der Waals surface area contributed by atoms with Gasteiger partial charge in [0.1, 0.15) is 5.03 Å². The van der Waals surface area contributed by atoms with Gasteiger partial charge < -0.3 is 10.3 Å². The van der Waals surface area contributed by atoms with Crippen molar-refractivity contribution in [2.45, 2.75) is 16.4 Å². The molecule has 0 aliphatic heterocycles. The maximum absolute atomic E-state index is 12.6. The molecule has 11 heteroatoms. The van der Waals surface area contributed by atoms with Gasteiger partial charge >= 0.3 is 6.18 Å². The number of alkyl halides is 3. The Morgan fingerprint density at radius 2 is 2.09 bits per heavy atom. The zero-order valence-electron chi connectivity index (χ0n) is 11.1. The normalized spacial score (nSPS) is 11.8. The Kier molecular flexibility index (Phi) is 3.94. The van der Waals surface area contributed by atoms with Crippen molar-refractivity contribution in [1.82, 2.24) is 19.9 Å². The molecule has 120 valence electrons. The fourth-order valence-electron chi connectivity index (χ4n) is 1.66. The van der Waals surface area contributed by atoms with Crippen molar-refractivity contribution in [3.63, 3.8) is 0 Å². The first-order chi connectivity index (χ1) is 10.9. The van der Waals surface area contributed by atoms with Crippen molar-refractivity contribution in [3.8, 4) is 11.6 Å². The number of nitrogens with two attached hydrogens (primary N) is 1. The minimum absolute atomic E-state index is 0.129. The van der Waals surface area contributed by atoms with Gasteiger partial charge in [-0.15, -0.1) is 10.2 Å². The number of pyridine rings is 1. The van der Waals surface area contributed by atoms with E-state index in [4.69, 9.17) is 21.9 Å². The molecule has 3 aromatic heterocycles. The lowest BCUT2D eigenvalue weighted by atomic mass is 10.3. The predicted octanol–water partition coefficient (Wildman–Crippen LogP) is 3.47. The highest BCUT2D eigenvalue weighted by Crippen LogP contribution is 2.36. The molecule has 0 aliphatic carbocycles. The highest BCUT2D eigenvalue weighted by atomic mass is 35.5. The lowest BCUT2D eigenvalue weighted by Crippen LogP contribution is -2.11. The number of hydrogen-bond donors (Lipinski definition) is 1. The molecule has 6 nitrogen and oxygen atoms in total. The Bertz CT molecular complexity index is 834. The van der Waals surface area contributed by atoms with E-state index < -0.39 is 11.7 Å². The van der Waals surface area contributed by atoms with Gasteiger partial charge in [0, 0.05) is 6.20 Å². The van der Waals surface area contributed by atoms with Gasteiger partial charge in [0.05, 0.1) is 16.8 Å². The van der Waals surface area contributed by atoms with Crippen LogP contribution in [0, 0.1) is 0 Å². The minimum Gasteiger partial charge on any atom is -0.461 e. The second-order valence-electron chi connectivity index (χ2n) is 4.26. The molecule has 0 bridgehead atoms. The first kappa shape index (κ1) is 15.7. The highest BCUT2D eigenvalue weighted by molar-refractivity contribution is 7.99. The van der Waals surface area contributed by atoms with Crippen LogP contribution in [0.4, 0.5) is 13.2 Å². The largest absolute Gasteiger partial charge is 0.461 e. The fourth-order valence-corrected chi connectivity index (χ4v) is 2.65. The highest BCUT2D eigenvalue weighted by Gasteiger charge is 2.31. The summed E-state index contributed by atoms with van der Waals surface area (Å²) in [6, 6.07) is 4.10. The molecule has 3 aromatic rings. The summed E-state index contributed by atoms with van der Waals surface area (Å²) in [7, 11) is 0. The zero-order chi connectivity index (χ0) is 16.6. The molecule has 0 radical (unpaired) electrons. The smallest absolute Gasteiger partial charge is 0.417 e. The number of hydrogen-bond acceptors (Lipinski definition) is 6. The van der Waals surface area contributed by atoms with E-state index in [-0.39, 0.29) is 21.0 Å². The molecule has 0 amide bonds. The van der Waals surface area contributed by atoms with Gasteiger partial charge in [0.25, 0.3) is 0 Å². The summed E-state index contributed by atoms with van der Waals surface area (Å²) in [6.45, 7) is 0. The van der Waals surface area contributed by atoms with Gasteiger partial charge in [0.15, 0.2) is 5.76 Å². The maximum Gasteiger partial charge on any atom is 0.417 e. The Balaban J connectivity index is 1.89. The molecule has 0 aromatic carbocycles. The maximum atomic E-state index is 12.6. The summed E-state index contributed by atoms with van der Waals surface area (Å²) < 4.78 is 44.1. The van der Waals surface area contributed by atoms with Crippen molar-refractivity contribution in [2.24, 2.45) is 0 Å². The molecule has 23 heavy (non-hydrogen) atoms. The summed E-state index contributed by atoms with van der Waals surface area (Å²) >= 11 is 6.73. The Labute approximate surface area is 136 Å². The molecular formula is C12H7ClF3N5OS. The number of nitrogen functional groups attached to an aromatic ring is 1. The van der Waals surface area contributed by atoms with Crippen LogP contribution in [-0.2, 0) is 6.18 Å². The Morgan fingerprint density at radius 1 is 1.30 bits per heavy atom. The van der Waals surface area contributed by atoms with Crippen molar-refractivity contribution >= 4 is 23.4 Å². The van der Waals surface area contributed by atoms with Crippen LogP contribution >= 0.6 is 23.4 Å². The van der Waals surface area contributed by atoms with E-state index in [1.807, 2.05) is 0 Å². The van der Waals surface area contributed by atoms with Gasteiger partial charge in [0.2, 0.25) is 11.0 Å². The standard InChI is InChI=1S/C12H7ClF3N5OS/c13-7-4-6(12(14,15)16)5-18-10(7)23-11-20-19-9(21(11)17)8-2-1-3-22-8/h1-5H,17H2. The lowest BCUT2D eigenvalue weighted by Gasteiger charge is -2.08. The van der Waals surface area contributed by atoms with Crippen molar-refractivity contribution in [2.75, 3.05) is 5.84 Å². The van der Waals surface area contributed by atoms with Crippen LogP contribution in [0.15, 0.2) is 45.3 Å². The summed E-state index contributed by atoms with van der Waals surface area (Å²) in [4.78, 5) is 3.70. The molecular weight excluding hydrogens is 355 g/mol. The van der Waals surface area contributed by atoms with E-state index in [0.29, 0.717) is 12.0 Å². The summed E-state index contributed by atoms with van der Waals surface area (Å²) in [6.07, 6.45) is -2.37. The zero-order valence-corrected chi connectivity index (χ0v) is 12.7. The first-order valence-electron chi connectivity index (χ1n) is 6.01. The van der Waals surface area contributed by atoms with E-state index in [0.717, 1.165) is 22.5 Å². The third kappa shape index (κ3) is 3.13. The number of halogens is 4. The summed E-state index contributed by atoms with van der Waals surface area (Å²) in [5.74, 6) is 6.52. The topological polar surface area (TPSA) is 82.8 Å². The SMILES string of the molecule is Nn1c(Sc2ncc(C(F)(F)F)cc2Cl)nnc1-c1ccco1. The van der Waals surface area contributed by atoms with Crippen LogP contribution in [0.3, 0.4) is 0 Å².